The molecule has 1 aliphatic heterocycles. The standard InChI is InChI=1S/C22H30BN2O/c1-4-6-16-23(17-7-5-2)19-13-9-10-14-20(19)24-22(26)25(23)21-15-11-8-12-18(21)3/h8-15H,4-7,16-17H2,1-3H3,(H,24,26)/q-1. The normalized spacial score (nSPS) is 15.5. The molecule has 0 aliphatic carbocycles. The maximum Gasteiger partial charge on any atom is 0.286 e. The van der Waals surface area contributed by atoms with E-state index < -0.39 is 6.28 Å². The Hall–Kier alpha value is -2.23. The molecule has 0 radical (unpaired) electrons. The highest BCUT2D eigenvalue weighted by Gasteiger charge is 2.40. The van der Waals surface area contributed by atoms with Gasteiger partial charge >= 0.3 is 0 Å². The minimum absolute atomic E-state index is 0.0187. The molecule has 4 heteroatoms. The molecule has 0 saturated heterocycles. The van der Waals surface area contributed by atoms with Crippen molar-refractivity contribution in [3.8, 4) is 0 Å². The highest BCUT2D eigenvalue weighted by Crippen LogP contribution is 2.37. The third-order valence-electron chi connectivity index (χ3n) is 5.94. The summed E-state index contributed by atoms with van der Waals surface area (Å²) in [7, 11) is 0. The second-order valence-electron chi connectivity index (χ2n) is 7.65. The Morgan fingerprint density at radius 3 is 2.19 bits per heavy atom. The highest BCUT2D eigenvalue weighted by molar-refractivity contribution is 6.99. The van der Waals surface area contributed by atoms with E-state index in [2.05, 4.69) is 61.2 Å². The lowest BCUT2D eigenvalue weighted by Crippen LogP contribution is -2.69. The quantitative estimate of drug-likeness (QED) is 0.630. The zero-order chi connectivity index (χ0) is 18.6. The number of hydrogen-bond acceptors (Lipinski definition) is 1. The van der Waals surface area contributed by atoms with Gasteiger partial charge in [0.2, 0.25) is 0 Å². The number of carbonyl (C=O) groups excluding carboxylic acids is 1. The van der Waals surface area contributed by atoms with E-state index in [1.165, 1.54) is 5.46 Å². The van der Waals surface area contributed by atoms with Gasteiger partial charge in [0.1, 0.15) is 6.28 Å². The van der Waals surface area contributed by atoms with Gasteiger partial charge in [-0.25, -0.2) is 0 Å². The zero-order valence-electron chi connectivity index (χ0n) is 16.3. The van der Waals surface area contributed by atoms with Crippen LogP contribution in [-0.4, -0.2) is 12.3 Å². The van der Waals surface area contributed by atoms with Crippen LogP contribution in [-0.2, 0) is 0 Å². The molecule has 2 amide bonds. The van der Waals surface area contributed by atoms with E-state index in [9.17, 15) is 4.79 Å². The summed E-state index contributed by atoms with van der Waals surface area (Å²) in [5, 5.41) is 3.15. The van der Waals surface area contributed by atoms with Gasteiger partial charge in [-0.1, -0.05) is 75.9 Å². The van der Waals surface area contributed by atoms with Crippen molar-refractivity contribution < 1.29 is 4.79 Å². The van der Waals surface area contributed by atoms with Crippen molar-refractivity contribution in [3.63, 3.8) is 0 Å². The lowest BCUT2D eigenvalue weighted by Gasteiger charge is -2.56. The van der Waals surface area contributed by atoms with E-state index in [1.54, 1.807) is 0 Å². The first-order valence-electron chi connectivity index (χ1n) is 10.1. The number of rotatable bonds is 7. The van der Waals surface area contributed by atoms with Gasteiger partial charge in [-0.2, -0.15) is 18.1 Å². The number of anilines is 2. The predicted molar refractivity (Wildman–Crippen MR) is 114 cm³/mol. The first-order chi connectivity index (χ1) is 12.6. The molecule has 0 spiro atoms. The molecule has 0 aromatic heterocycles. The topological polar surface area (TPSA) is 32.3 Å². The molecule has 1 aliphatic rings. The molecule has 2 aromatic rings. The van der Waals surface area contributed by atoms with Crippen molar-refractivity contribution in [2.75, 3.05) is 10.1 Å². The molecule has 2 aromatic carbocycles. The van der Waals surface area contributed by atoms with Gasteiger partial charge in [-0.05, 0) is 24.6 Å². The Kier molecular flexibility index (Phi) is 5.70. The van der Waals surface area contributed by atoms with Crippen molar-refractivity contribution in [1.29, 1.82) is 0 Å². The van der Waals surface area contributed by atoms with Crippen LogP contribution in [0.1, 0.15) is 45.1 Å². The minimum Gasteiger partial charge on any atom is -0.467 e. The summed E-state index contributed by atoms with van der Waals surface area (Å²) in [5.74, 6) is 0. The van der Waals surface area contributed by atoms with Crippen LogP contribution in [0.3, 0.4) is 0 Å². The van der Waals surface area contributed by atoms with Crippen molar-refractivity contribution in [2.24, 2.45) is 0 Å². The number of nitrogens with one attached hydrogen (secondary N) is 1. The van der Waals surface area contributed by atoms with Crippen LogP contribution in [0, 0.1) is 6.92 Å². The van der Waals surface area contributed by atoms with Crippen LogP contribution in [0.2, 0.25) is 12.6 Å². The van der Waals surface area contributed by atoms with Gasteiger partial charge in [0.25, 0.3) is 6.03 Å². The molecule has 0 bridgehead atoms. The molecule has 1 N–H and O–H groups in total. The van der Waals surface area contributed by atoms with Crippen LogP contribution >= 0.6 is 0 Å². The van der Waals surface area contributed by atoms with E-state index >= 15 is 0 Å². The third-order valence-corrected chi connectivity index (χ3v) is 5.94. The fraction of sp³-hybridized carbons (Fsp3) is 0.409. The number of benzene rings is 2. The Morgan fingerprint density at radius 2 is 1.54 bits per heavy atom. The molecule has 26 heavy (non-hydrogen) atoms. The number of urea groups is 1. The summed E-state index contributed by atoms with van der Waals surface area (Å²) >= 11 is 0. The molecule has 138 valence electrons. The van der Waals surface area contributed by atoms with Gasteiger partial charge in [-0.3, -0.25) is 4.79 Å². The number of aryl methyl sites for hydroxylation is 1. The van der Waals surface area contributed by atoms with Gasteiger partial charge in [0.05, 0.1) is 0 Å². The smallest absolute Gasteiger partial charge is 0.286 e. The number of fused-ring (bicyclic) bond motifs is 1. The van der Waals surface area contributed by atoms with Crippen LogP contribution < -0.4 is 15.6 Å². The molecule has 0 atom stereocenters. The van der Waals surface area contributed by atoms with Gasteiger partial charge in [-0.15, -0.1) is 0 Å². The van der Waals surface area contributed by atoms with Crippen LogP contribution in [0.5, 0.6) is 0 Å². The largest absolute Gasteiger partial charge is 0.467 e. The summed E-state index contributed by atoms with van der Waals surface area (Å²) in [6, 6.07) is 16.7. The van der Waals surface area contributed by atoms with Crippen molar-refractivity contribution in [1.82, 2.24) is 0 Å². The van der Waals surface area contributed by atoms with Gasteiger partial charge < -0.3 is 10.1 Å². The Balaban J connectivity index is 2.21. The maximum absolute atomic E-state index is 13.3. The fourth-order valence-corrected chi connectivity index (χ4v) is 4.62. The SMILES string of the molecule is CCCC[B-]1(CCCC)c2ccccc2NC(=O)N1c1ccccc1C. The number of amides is 2. The Bertz CT molecular complexity index is 766. The molecule has 3 nitrogen and oxygen atoms in total. The maximum atomic E-state index is 13.3. The highest BCUT2D eigenvalue weighted by atomic mass is 16.2. The predicted octanol–water partition coefficient (Wildman–Crippen LogP) is 5.80. The summed E-state index contributed by atoms with van der Waals surface area (Å²) in [6.45, 7) is 6.57. The van der Waals surface area contributed by atoms with E-state index in [-0.39, 0.29) is 6.03 Å². The van der Waals surface area contributed by atoms with Gasteiger partial charge in [0.15, 0.2) is 0 Å². The van der Waals surface area contributed by atoms with Crippen LogP contribution in [0.25, 0.3) is 0 Å². The summed E-state index contributed by atoms with van der Waals surface area (Å²) in [5.41, 5.74) is 4.51. The Morgan fingerprint density at radius 1 is 0.923 bits per heavy atom. The van der Waals surface area contributed by atoms with Crippen molar-refractivity contribution >= 4 is 29.1 Å². The average Bonchev–Trinajstić information content (AvgIpc) is 2.65. The van der Waals surface area contributed by atoms with Crippen molar-refractivity contribution in [2.45, 2.75) is 59.1 Å². The Labute approximate surface area is 157 Å². The minimum atomic E-state index is -1.14. The molecule has 1 heterocycles. The van der Waals surface area contributed by atoms with Crippen LogP contribution in [0.4, 0.5) is 16.2 Å². The summed E-state index contributed by atoms with van der Waals surface area (Å²) in [4.78, 5) is 15.4. The zero-order valence-corrected chi connectivity index (χ0v) is 16.3. The molecule has 0 fully saturated rings. The van der Waals surface area contributed by atoms with E-state index in [4.69, 9.17) is 0 Å². The number of para-hydroxylation sites is 2. The number of carbonyl (C=O) groups is 1. The second-order valence-corrected chi connectivity index (χ2v) is 7.65. The number of unbranched alkanes of at least 4 members (excludes halogenated alkanes) is 2. The second kappa shape index (κ2) is 7.98. The first-order valence-corrected chi connectivity index (χ1v) is 10.1. The summed E-state index contributed by atoms with van der Waals surface area (Å²) < 4.78 is 0. The lowest BCUT2D eigenvalue weighted by atomic mass is 9.24. The lowest BCUT2D eigenvalue weighted by molar-refractivity contribution is 0.259. The average molecular weight is 349 g/mol. The number of nitrogens with zero attached hydrogens (tertiary/aromatic N) is 1. The molecular weight excluding hydrogens is 319 g/mol. The molecule has 0 unspecified atom stereocenters. The fourth-order valence-electron chi connectivity index (χ4n) is 4.62. The van der Waals surface area contributed by atoms with E-state index in [0.29, 0.717) is 0 Å². The van der Waals surface area contributed by atoms with E-state index in [0.717, 1.165) is 55.3 Å². The monoisotopic (exact) mass is 349 g/mol. The molecule has 3 rings (SSSR count). The summed E-state index contributed by atoms with van der Waals surface area (Å²) in [6.07, 6.45) is 5.51. The molecule has 0 saturated carbocycles. The molecular formula is C22H30BN2O-. The van der Waals surface area contributed by atoms with Crippen molar-refractivity contribution in [3.05, 3.63) is 54.1 Å². The van der Waals surface area contributed by atoms with Gasteiger partial charge in [0, 0.05) is 11.4 Å². The third kappa shape index (κ3) is 3.25. The van der Waals surface area contributed by atoms with E-state index in [1.807, 2.05) is 18.2 Å². The number of hydrogen-bond donors (Lipinski definition) is 1. The van der Waals surface area contributed by atoms with Crippen LogP contribution in [0.15, 0.2) is 48.5 Å². The first kappa shape index (κ1) is 18.6.